The molecule has 0 unspecified atom stereocenters. The largest absolute Gasteiger partial charge is 0.487 e. The van der Waals surface area contributed by atoms with E-state index in [9.17, 15) is 0 Å². The molecule has 2 N–H and O–H groups in total. The van der Waals surface area contributed by atoms with Gasteiger partial charge in [0.25, 0.3) is 0 Å². The van der Waals surface area contributed by atoms with Crippen LogP contribution in [0.25, 0.3) is 0 Å². The first-order chi connectivity index (χ1) is 9.61. The van der Waals surface area contributed by atoms with Crippen LogP contribution in [0.3, 0.4) is 0 Å². The summed E-state index contributed by atoms with van der Waals surface area (Å²) in [6.45, 7) is 2.82. The molecular formula is C15H16Cl2N2O. The molecule has 0 amide bonds. The van der Waals surface area contributed by atoms with E-state index in [0.29, 0.717) is 29.6 Å². The number of ether oxygens (including phenoxy) is 1. The van der Waals surface area contributed by atoms with Crippen molar-refractivity contribution in [2.24, 2.45) is 5.73 Å². The molecule has 1 heterocycles. The quantitative estimate of drug-likeness (QED) is 0.914. The van der Waals surface area contributed by atoms with Gasteiger partial charge in [0.15, 0.2) is 0 Å². The number of halogens is 2. The Bertz CT molecular complexity index is 602. The number of nitrogens with zero attached hydrogens (tertiary/aromatic N) is 1. The van der Waals surface area contributed by atoms with Crippen LogP contribution in [0.1, 0.15) is 17.0 Å². The van der Waals surface area contributed by atoms with E-state index in [0.717, 1.165) is 22.7 Å². The normalized spacial score (nSPS) is 10.6. The molecule has 3 nitrogen and oxygen atoms in total. The molecule has 1 aromatic heterocycles. The fourth-order valence-corrected chi connectivity index (χ4v) is 2.24. The van der Waals surface area contributed by atoms with Crippen molar-refractivity contribution < 1.29 is 4.74 Å². The molecule has 0 radical (unpaired) electrons. The van der Waals surface area contributed by atoms with Crippen LogP contribution in [0.2, 0.25) is 10.0 Å². The van der Waals surface area contributed by atoms with Crippen LogP contribution in [-0.4, -0.2) is 11.5 Å². The molecule has 0 aliphatic carbocycles. The zero-order valence-corrected chi connectivity index (χ0v) is 12.7. The molecule has 1 aromatic carbocycles. The van der Waals surface area contributed by atoms with Crippen LogP contribution in [-0.2, 0) is 13.0 Å². The second-order valence-corrected chi connectivity index (χ2v) is 5.22. The molecule has 2 rings (SSSR count). The van der Waals surface area contributed by atoms with Crippen LogP contribution in [0.4, 0.5) is 0 Å². The molecule has 0 atom stereocenters. The highest BCUT2D eigenvalue weighted by Gasteiger charge is 2.08. The molecule has 0 saturated carbocycles. The van der Waals surface area contributed by atoms with Crippen LogP contribution in [0, 0.1) is 6.92 Å². The van der Waals surface area contributed by atoms with Crippen LogP contribution < -0.4 is 10.5 Å². The molecule has 0 aliphatic heterocycles. The minimum Gasteiger partial charge on any atom is -0.487 e. The zero-order valence-electron chi connectivity index (χ0n) is 11.2. The van der Waals surface area contributed by atoms with Gasteiger partial charge in [-0.15, -0.1) is 0 Å². The summed E-state index contributed by atoms with van der Waals surface area (Å²) in [6, 6.07) is 9.31. The van der Waals surface area contributed by atoms with Gasteiger partial charge in [0.2, 0.25) is 0 Å². The second-order valence-electron chi connectivity index (χ2n) is 4.44. The van der Waals surface area contributed by atoms with E-state index in [2.05, 4.69) is 4.98 Å². The molecular weight excluding hydrogens is 295 g/mol. The summed E-state index contributed by atoms with van der Waals surface area (Å²) in [7, 11) is 0. The summed E-state index contributed by atoms with van der Waals surface area (Å²) in [5.41, 5.74) is 8.25. The predicted octanol–water partition coefficient (Wildman–Crippen LogP) is 3.78. The average Bonchev–Trinajstić information content (AvgIpc) is 2.42. The zero-order chi connectivity index (χ0) is 14.5. The highest BCUT2D eigenvalue weighted by atomic mass is 35.5. The summed E-state index contributed by atoms with van der Waals surface area (Å²) in [5, 5.41) is 1.05. The smallest absolute Gasteiger partial charge is 0.141 e. The fourth-order valence-electron chi connectivity index (χ4n) is 1.86. The third-order valence-corrected chi connectivity index (χ3v) is 3.73. The Hall–Kier alpha value is -1.29. The number of aromatic nitrogens is 1. The Labute approximate surface area is 128 Å². The number of aryl methyl sites for hydroxylation is 1. The van der Waals surface area contributed by atoms with Gasteiger partial charge >= 0.3 is 0 Å². The molecule has 106 valence electrons. The summed E-state index contributed by atoms with van der Waals surface area (Å²) < 4.78 is 5.81. The van der Waals surface area contributed by atoms with E-state index in [4.69, 9.17) is 33.7 Å². The van der Waals surface area contributed by atoms with Crippen LogP contribution in [0.5, 0.6) is 5.75 Å². The van der Waals surface area contributed by atoms with Crippen molar-refractivity contribution in [1.82, 2.24) is 4.98 Å². The first-order valence-electron chi connectivity index (χ1n) is 6.34. The van der Waals surface area contributed by atoms with Crippen molar-refractivity contribution in [1.29, 1.82) is 0 Å². The van der Waals surface area contributed by atoms with E-state index in [-0.39, 0.29) is 0 Å². The first kappa shape index (κ1) is 15.1. The molecule has 0 aliphatic rings. The maximum Gasteiger partial charge on any atom is 0.141 e. The summed E-state index contributed by atoms with van der Waals surface area (Å²) in [4.78, 5) is 4.45. The Kier molecular flexibility index (Phi) is 5.24. The lowest BCUT2D eigenvalue weighted by atomic mass is 10.2. The number of nitrogens with two attached hydrogens (primary N) is 1. The van der Waals surface area contributed by atoms with Crippen molar-refractivity contribution >= 4 is 23.2 Å². The van der Waals surface area contributed by atoms with Crippen molar-refractivity contribution in [3.63, 3.8) is 0 Å². The minimum atomic E-state index is 0.349. The van der Waals surface area contributed by atoms with Crippen molar-refractivity contribution in [3.05, 3.63) is 57.3 Å². The van der Waals surface area contributed by atoms with Crippen molar-refractivity contribution in [3.8, 4) is 5.75 Å². The Balaban J connectivity index is 2.16. The fraction of sp³-hybridized carbons (Fsp3) is 0.267. The first-order valence-corrected chi connectivity index (χ1v) is 7.09. The average molecular weight is 311 g/mol. The van der Waals surface area contributed by atoms with E-state index in [1.807, 2.05) is 31.2 Å². The minimum absolute atomic E-state index is 0.349. The van der Waals surface area contributed by atoms with Gasteiger partial charge in [-0.3, -0.25) is 4.98 Å². The molecule has 20 heavy (non-hydrogen) atoms. The van der Waals surface area contributed by atoms with E-state index in [1.54, 1.807) is 6.07 Å². The molecule has 0 fully saturated rings. The summed E-state index contributed by atoms with van der Waals surface area (Å²) >= 11 is 12.1. The monoisotopic (exact) mass is 310 g/mol. The summed E-state index contributed by atoms with van der Waals surface area (Å²) in [5.74, 6) is 0.733. The highest BCUT2D eigenvalue weighted by molar-refractivity contribution is 6.42. The van der Waals surface area contributed by atoms with Gasteiger partial charge in [-0.2, -0.15) is 0 Å². The van der Waals surface area contributed by atoms with Gasteiger partial charge in [0.05, 0.1) is 15.7 Å². The number of hydrogen-bond acceptors (Lipinski definition) is 3. The topological polar surface area (TPSA) is 48.1 Å². The lowest BCUT2D eigenvalue weighted by molar-refractivity contribution is 0.301. The Morgan fingerprint density at radius 1 is 1.20 bits per heavy atom. The van der Waals surface area contributed by atoms with E-state index in [1.165, 1.54) is 0 Å². The van der Waals surface area contributed by atoms with Crippen LogP contribution >= 0.6 is 23.2 Å². The molecule has 5 heteroatoms. The molecule has 0 spiro atoms. The molecule has 0 saturated heterocycles. The maximum absolute atomic E-state index is 6.14. The van der Waals surface area contributed by atoms with Crippen LogP contribution in [0.15, 0.2) is 30.3 Å². The third-order valence-electron chi connectivity index (χ3n) is 2.87. The van der Waals surface area contributed by atoms with Gasteiger partial charge in [-0.05, 0) is 31.7 Å². The van der Waals surface area contributed by atoms with Gasteiger partial charge in [0.1, 0.15) is 12.4 Å². The number of rotatable bonds is 5. The van der Waals surface area contributed by atoms with E-state index < -0.39 is 0 Å². The highest BCUT2D eigenvalue weighted by Crippen LogP contribution is 2.27. The van der Waals surface area contributed by atoms with Crippen molar-refractivity contribution in [2.75, 3.05) is 6.54 Å². The number of pyridine rings is 1. The van der Waals surface area contributed by atoms with Gasteiger partial charge in [0, 0.05) is 17.7 Å². The SMILES string of the molecule is Cc1ccc(OCc2cccc(Cl)c2Cl)c(CCN)n1. The van der Waals surface area contributed by atoms with Gasteiger partial charge in [-0.1, -0.05) is 35.3 Å². The van der Waals surface area contributed by atoms with Gasteiger partial charge < -0.3 is 10.5 Å². The maximum atomic E-state index is 6.14. The van der Waals surface area contributed by atoms with E-state index >= 15 is 0 Å². The summed E-state index contributed by atoms with van der Waals surface area (Å²) in [6.07, 6.45) is 0.681. The molecule has 2 aromatic rings. The third kappa shape index (κ3) is 3.63. The van der Waals surface area contributed by atoms with Crippen molar-refractivity contribution in [2.45, 2.75) is 20.0 Å². The molecule has 0 bridgehead atoms. The number of hydrogen-bond donors (Lipinski definition) is 1. The number of benzene rings is 1. The lowest BCUT2D eigenvalue weighted by Gasteiger charge is -2.12. The van der Waals surface area contributed by atoms with Gasteiger partial charge in [-0.25, -0.2) is 0 Å². The Morgan fingerprint density at radius 2 is 2.00 bits per heavy atom. The lowest BCUT2D eigenvalue weighted by Crippen LogP contribution is -2.08. The Morgan fingerprint density at radius 3 is 2.75 bits per heavy atom. The predicted molar refractivity (Wildman–Crippen MR) is 82.5 cm³/mol. The second kappa shape index (κ2) is 6.93. The standard InChI is InChI=1S/C15H16Cl2N2O/c1-10-5-6-14(13(19-10)7-8-18)20-9-11-3-2-4-12(16)15(11)17/h2-6H,7-9,18H2,1H3.